The van der Waals surface area contributed by atoms with Crippen LogP contribution in [0.1, 0.15) is 59.3 Å². The summed E-state index contributed by atoms with van der Waals surface area (Å²) in [6.45, 7) is 4.85. The molecule has 1 aliphatic carbocycles. The van der Waals surface area contributed by atoms with Gasteiger partial charge >= 0.3 is 0 Å². The van der Waals surface area contributed by atoms with Crippen LogP contribution in [-0.2, 0) is 6.54 Å². The minimum absolute atomic E-state index is 0.0485. The Labute approximate surface area is 187 Å². The first-order valence-electron chi connectivity index (χ1n) is 10.7. The van der Waals surface area contributed by atoms with Gasteiger partial charge in [-0.15, -0.1) is 0 Å². The van der Waals surface area contributed by atoms with Crippen LogP contribution in [0.15, 0.2) is 17.8 Å². The second-order valence-electron chi connectivity index (χ2n) is 8.39. The van der Waals surface area contributed by atoms with Crippen molar-refractivity contribution >= 4 is 29.2 Å². The van der Waals surface area contributed by atoms with Crippen molar-refractivity contribution < 1.29 is 9.53 Å². The third-order valence-electron chi connectivity index (χ3n) is 6.22. The van der Waals surface area contributed by atoms with E-state index in [4.69, 9.17) is 22.1 Å². The molecule has 3 heterocycles. The van der Waals surface area contributed by atoms with Gasteiger partial charge in [0.25, 0.3) is 0 Å². The highest BCUT2D eigenvalue weighted by molar-refractivity contribution is 6.35. The number of nitrogen functional groups attached to an aromatic ring is 1. The van der Waals surface area contributed by atoms with Gasteiger partial charge in [-0.05, 0) is 32.6 Å². The lowest BCUT2D eigenvalue weighted by Crippen LogP contribution is -2.36. The molecule has 0 atom stereocenters. The highest BCUT2D eigenvalue weighted by atomic mass is 35.5. The standard InChI is InChI=1S/C23H28ClN5O2/c1-13-10-26-17(14(2)20(13)31-3)12-29-11-16(9-15-7-5-4-6-8-15)19(30)18-21(24)27-23(25)28-22(18)29/h9-10,15H,4-8,11-12H2,1-3H3,(H2,25,27,28)/b16-9+. The largest absolute Gasteiger partial charge is 0.496 e. The van der Waals surface area contributed by atoms with E-state index in [-0.39, 0.29) is 16.9 Å². The molecule has 164 valence electrons. The average molecular weight is 442 g/mol. The van der Waals surface area contributed by atoms with Crippen molar-refractivity contribution in [3.8, 4) is 5.75 Å². The molecular formula is C23H28ClN5O2. The van der Waals surface area contributed by atoms with E-state index in [0.29, 0.717) is 30.4 Å². The van der Waals surface area contributed by atoms with E-state index in [1.54, 1.807) is 13.3 Å². The number of methoxy groups -OCH3 is 1. The molecule has 4 rings (SSSR count). The topological polar surface area (TPSA) is 94.2 Å². The average Bonchev–Trinajstić information content (AvgIpc) is 2.74. The number of nitrogens with zero attached hydrogens (tertiary/aromatic N) is 4. The number of fused-ring (bicyclic) bond motifs is 1. The number of aromatic nitrogens is 3. The molecule has 8 heteroatoms. The maximum absolute atomic E-state index is 13.3. The third-order valence-corrected chi connectivity index (χ3v) is 6.49. The maximum atomic E-state index is 13.3. The highest BCUT2D eigenvalue weighted by Crippen LogP contribution is 2.36. The Hall–Kier alpha value is -2.67. The van der Waals surface area contributed by atoms with E-state index in [2.05, 4.69) is 21.0 Å². The van der Waals surface area contributed by atoms with Crippen LogP contribution in [-0.4, -0.2) is 34.4 Å². The number of allylic oxidation sites excluding steroid dienone is 1. The molecule has 2 aromatic heterocycles. The van der Waals surface area contributed by atoms with E-state index in [9.17, 15) is 4.79 Å². The molecule has 1 fully saturated rings. The van der Waals surface area contributed by atoms with Crippen LogP contribution in [0.25, 0.3) is 0 Å². The summed E-state index contributed by atoms with van der Waals surface area (Å²) in [6, 6.07) is 0. The highest BCUT2D eigenvalue weighted by Gasteiger charge is 2.33. The quantitative estimate of drug-likeness (QED) is 0.553. The number of aryl methyl sites for hydroxylation is 1. The molecule has 0 saturated heterocycles. The Morgan fingerprint density at radius 3 is 2.71 bits per heavy atom. The number of hydrogen-bond acceptors (Lipinski definition) is 7. The summed E-state index contributed by atoms with van der Waals surface area (Å²) >= 11 is 6.38. The summed E-state index contributed by atoms with van der Waals surface area (Å²) in [7, 11) is 1.66. The molecule has 0 unspecified atom stereocenters. The molecule has 1 saturated carbocycles. The van der Waals surface area contributed by atoms with E-state index < -0.39 is 0 Å². The Morgan fingerprint density at radius 2 is 2.00 bits per heavy atom. The van der Waals surface area contributed by atoms with Crippen molar-refractivity contribution in [3.63, 3.8) is 0 Å². The van der Waals surface area contributed by atoms with Gasteiger partial charge in [0.15, 0.2) is 5.78 Å². The number of Topliss-reactive ketones (excluding diaryl/α,β-unsaturated/α-hetero) is 1. The van der Waals surface area contributed by atoms with Gasteiger partial charge in [0.2, 0.25) is 5.95 Å². The lowest BCUT2D eigenvalue weighted by Gasteiger charge is -2.32. The minimum Gasteiger partial charge on any atom is -0.496 e. The predicted molar refractivity (Wildman–Crippen MR) is 122 cm³/mol. The van der Waals surface area contributed by atoms with Crippen molar-refractivity contribution in [2.75, 3.05) is 24.3 Å². The molecule has 2 aliphatic rings. The summed E-state index contributed by atoms with van der Waals surface area (Å²) in [5.41, 5.74) is 9.73. The van der Waals surface area contributed by atoms with Crippen molar-refractivity contribution in [2.45, 2.75) is 52.5 Å². The molecule has 31 heavy (non-hydrogen) atoms. The van der Waals surface area contributed by atoms with Crippen LogP contribution in [0, 0.1) is 19.8 Å². The van der Waals surface area contributed by atoms with Gasteiger partial charge in [-0.2, -0.15) is 4.98 Å². The number of ether oxygens (including phenoxy) is 1. The molecule has 7 nitrogen and oxygen atoms in total. The van der Waals surface area contributed by atoms with Crippen LogP contribution in [0.2, 0.25) is 5.15 Å². The van der Waals surface area contributed by atoms with E-state index >= 15 is 0 Å². The monoisotopic (exact) mass is 441 g/mol. The van der Waals surface area contributed by atoms with Crippen molar-refractivity contribution in [2.24, 2.45) is 5.92 Å². The van der Waals surface area contributed by atoms with Gasteiger partial charge in [-0.3, -0.25) is 9.78 Å². The second kappa shape index (κ2) is 8.83. The molecule has 0 amide bonds. The summed E-state index contributed by atoms with van der Waals surface area (Å²) in [4.78, 5) is 28.3. The molecule has 0 bridgehead atoms. The first kappa shape index (κ1) is 21.6. The van der Waals surface area contributed by atoms with Gasteiger partial charge in [0.05, 0.1) is 19.3 Å². The first-order chi connectivity index (χ1) is 14.9. The van der Waals surface area contributed by atoms with Gasteiger partial charge in [-0.1, -0.05) is 36.9 Å². The zero-order valence-electron chi connectivity index (χ0n) is 18.2. The van der Waals surface area contributed by atoms with Gasteiger partial charge in [0, 0.05) is 29.4 Å². The third kappa shape index (κ3) is 4.24. The SMILES string of the molecule is COc1c(C)cnc(CN2C/C(=C\C3CCCCC3)C(=O)c3c(Cl)nc(N)nc32)c1C. The number of hydrogen-bond donors (Lipinski definition) is 1. The Bertz CT molecular complexity index is 1050. The van der Waals surface area contributed by atoms with Gasteiger partial charge in [0.1, 0.15) is 22.3 Å². The summed E-state index contributed by atoms with van der Waals surface area (Å²) in [5.74, 6) is 1.64. The molecule has 0 spiro atoms. The molecule has 2 N–H and O–H groups in total. The molecule has 0 radical (unpaired) electrons. The van der Waals surface area contributed by atoms with Crippen LogP contribution < -0.4 is 15.4 Å². The molecular weight excluding hydrogens is 414 g/mol. The van der Waals surface area contributed by atoms with Gasteiger partial charge < -0.3 is 15.4 Å². The number of anilines is 2. The lowest BCUT2D eigenvalue weighted by atomic mass is 9.86. The smallest absolute Gasteiger partial charge is 0.223 e. The van der Waals surface area contributed by atoms with Crippen LogP contribution in [0.4, 0.5) is 11.8 Å². The zero-order valence-corrected chi connectivity index (χ0v) is 19.0. The number of halogens is 1. The van der Waals surface area contributed by atoms with E-state index in [1.807, 2.05) is 18.7 Å². The summed E-state index contributed by atoms with van der Waals surface area (Å²) < 4.78 is 5.56. The van der Waals surface area contributed by atoms with E-state index in [0.717, 1.165) is 41.0 Å². The normalized spacial score (nSPS) is 18.4. The number of nitrogens with two attached hydrogens (primary N) is 1. The van der Waals surface area contributed by atoms with Crippen molar-refractivity contribution in [1.82, 2.24) is 15.0 Å². The summed E-state index contributed by atoms with van der Waals surface area (Å²) in [5, 5.41) is 0.0953. The predicted octanol–water partition coefficient (Wildman–Crippen LogP) is 4.44. The zero-order chi connectivity index (χ0) is 22.1. The number of carbonyl (C=O) groups excluding carboxylic acids is 1. The van der Waals surface area contributed by atoms with Crippen LogP contribution in [0.5, 0.6) is 5.75 Å². The molecule has 2 aromatic rings. The van der Waals surface area contributed by atoms with Crippen molar-refractivity contribution in [1.29, 1.82) is 0 Å². The Balaban J connectivity index is 1.75. The lowest BCUT2D eigenvalue weighted by molar-refractivity contribution is 0.102. The fourth-order valence-electron chi connectivity index (χ4n) is 4.63. The van der Waals surface area contributed by atoms with Crippen LogP contribution >= 0.6 is 11.6 Å². The summed E-state index contributed by atoms with van der Waals surface area (Å²) in [6.07, 6.45) is 9.85. The Kier molecular flexibility index (Phi) is 6.14. The van der Waals surface area contributed by atoms with Crippen molar-refractivity contribution in [3.05, 3.63) is 45.4 Å². The second-order valence-corrected chi connectivity index (χ2v) is 8.75. The number of rotatable bonds is 4. The Morgan fingerprint density at radius 1 is 1.26 bits per heavy atom. The number of pyridine rings is 1. The first-order valence-corrected chi connectivity index (χ1v) is 11.1. The number of carbonyl (C=O) groups is 1. The van der Waals surface area contributed by atoms with Crippen LogP contribution in [0.3, 0.4) is 0 Å². The van der Waals surface area contributed by atoms with Gasteiger partial charge in [-0.25, -0.2) is 4.98 Å². The molecule has 0 aromatic carbocycles. The molecule has 1 aliphatic heterocycles. The maximum Gasteiger partial charge on any atom is 0.223 e. The minimum atomic E-state index is -0.104. The number of ketones is 1. The fraction of sp³-hybridized carbons (Fsp3) is 0.478. The van der Waals surface area contributed by atoms with E-state index in [1.165, 1.54) is 19.3 Å². The fourth-order valence-corrected chi connectivity index (χ4v) is 4.89.